The molecule has 3 unspecified atom stereocenters. The molecule has 2 aliphatic rings. The molecule has 2 rings (SSSR count). The molecule has 3 atom stereocenters. The first-order valence-electron chi connectivity index (χ1n) is 5.33. The molecular formula is C11H20. The largest absolute Gasteiger partial charge is 0.0654 e. The average molecular weight is 152 g/mol. The van der Waals surface area contributed by atoms with Crippen molar-refractivity contribution in [1.29, 1.82) is 0 Å². The van der Waals surface area contributed by atoms with E-state index in [-0.39, 0.29) is 0 Å². The predicted octanol–water partition coefficient (Wildman–Crippen LogP) is 3.61. The van der Waals surface area contributed by atoms with Crippen LogP contribution in [-0.4, -0.2) is 0 Å². The molecule has 0 saturated heterocycles. The van der Waals surface area contributed by atoms with E-state index in [0.717, 1.165) is 17.3 Å². The SMILES string of the molecule is CCCCC1CC12CC2CC. The van der Waals surface area contributed by atoms with Crippen LogP contribution >= 0.6 is 0 Å². The lowest BCUT2D eigenvalue weighted by Crippen LogP contribution is -1.84. The Balaban J connectivity index is 1.71. The first kappa shape index (κ1) is 7.64. The molecule has 64 valence electrons. The molecule has 0 aromatic carbocycles. The molecule has 0 aromatic rings. The Hall–Kier alpha value is 0. The molecule has 0 bridgehead atoms. The zero-order valence-electron chi connectivity index (χ0n) is 7.90. The highest BCUT2D eigenvalue weighted by atomic mass is 14.7. The molecule has 0 aromatic heterocycles. The van der Waals surface area contributed by atoms with Crippen LogP contribution in [-0.2, 0) is 0 Å². The fraction of sp³-hybridized carbons (Fsp3) is 1.00. The first-order valence-corrected chi connectivity index (χ1v) is 5.33. The number of unbranched alkanes of at least 4 members (excludes halogenated alkanes) is 1. The highest BCUT2D eigenvalue weighted by Gasteiger charge is 2.68. The lowest BCUT2D eigenvalue weighted by molar-refractivity contribution is 0.560. The van der Waals surface area contributed by atoms with Crippen molar-refractivity contribution >= 4 is 0 Å². The van der Waals surface area contributed by atoms with E-state index in [1.54, 1.807) is 12.8 Å². The summed E-state index contributed by atoms with van der Waals surface area (Å²) < 4.78 is 0. The molecule has 11 heavy (non-hydrogen) atoms. The van der Waals surface area contributed by atoms with Gasteiger partial charge in [-0.05, 0) is 36.5 Å². The van der Waals surface area contributed by atoms with E-state index < -0.39 is 0 Å². The molecule has 0 N–H and O–H groups in total. The molecule has 2 saturated carbocycles. The normalized spacial score (nSPS) is 46.4. The van der Waals surface area contributed by atoms with Crippen molar-refractivity contribution in [3.8, 4) is 0 Å². The van der Waals surface area contributed by atoms with Gasteiger partial charge in [-0.15, -0.1) is 0 Å². The summed E-state index contributed by atoms with van der Waals surface area (Å²) in [5.41, 5.74) is 0.934. The molecule has 0 aliphatic heterocycles. The van der Waals surface area contributed by atoms with Crippen LogP contribution in [0.25, 0.3) is 0 Å². The monoisotopic (exact) mass is 152 g/mol. The van der Waals surface area contributed by atoms with Crippen molar-refractivity contribution in [3.63, 3.8) is 0 Å². The second-order valence-corrected chi connectivity index (χ2v) is 4.59. The fourth-order valence-corrected chi connectivity index (χ4v) is 2.94. The Morgan fingerprint density at radius 1 is 1.18 bits per heavy atom. The molecular weight excluding hydrogens is 132 g/mol. The van der Waals surface area contributed by atoms with Gasteiger partial charge in [-0.2, -0.15) is 0 Å². The van der Waals surface area contributed by atoms with Gasteiger partial charge in [0.25, 0.3) is 0 Å². The minimum Gasteiger partial charge on any atom is -0.0654 e. The van der Waals surface area contributed by atoms with E-state index in [4.69, 9.17) is 0 Å². The van der Waals surface area contributed by atoms with Crippen molar-refractivity contribution in [2.24, 2.45) is 17.3 Å². The molecule has 0 heteroatoms. The van der Waals surface area contributed by atoms with Crippen LogP contribution in [0.2, 0.25) is 0 Å². The number of hydrogen-bond acceptors (Lipinski definition) is 0. The number of hydrogen-bond donors (Lipinski definition) is 0. The third-order valence-electron chi connectivity index (χ3n) is 3.96. The van der Waals surface area contributed by atoms with Gasteiger partial charge in [0.2, 0.25) is 0 Å². The van der Waals surface area contributed by atoms with Gasteiger partial charge in [0.1, 0.15) is 0 Å². The Morgan fingerprint density at radius 3 is 2.45 bits per heavy atom. The average Bonchev–Trinajstić information content (AvgIpc) is 2.89. The Labute approximate surface area is 70.4 Å². The second-order valence-electron chi connectivity index (χ2n) is 4.59. The van der Waals surface area contributed by atoms with E-state index in [1.165, 1.54) is 25.7 Å². The lowest BCUT2D eigenvalue weighted by Gasteiger charge is -1.95. The maximum Gasteiger partial charge on any atom is -0.0235 e. The van der Waals surface area contributed by atoms with E-state index in [0.29, 0.717) is 0 Å². The van der Waals surface area contributed by atoms with Crippen LogP contribution in [0.1, 0.15) is 52.4 Å². The van der Waals surface area contributed by atoms with Crippen LogP contribution in [0.15, 0.2) is 0 Å². The molecule has 2 aliphatic carbocycles. The van der Waals surface area contributed by atoms with Crippen molar-refractivity contribution in [2.45, 2.75) is 52.4 Å². The van der Waals surface area contributed by atoms with Crippen LogP contribution in [0.4, 0.5) is 0 Å². The summed E-state index contributed by atoms with van der Waals surface area (Å²) in [5, 5.41) is 0. The summed E-state index contributed by atoms with van der Waals surface area (Å²) >= 11 is 0. The highest BCUT2D eigenvalue weighted by molar-refractivity contribution is 5.17. The van der Waals surface area contributed by atoms with E-state index in [9.17, 15) is 0 Å². The zero-order chi connectivity index (χ0) is 7.90. The van der Waals surface area contributed by atoms with Crippen LogP contribution < -0.4 is 0 Å². The Kier molecular flexibility index (Phi) is 1.74. The standard InChI is InChI=1S/C11H20/c1-3-5-6-10-8-11(10)7-9(11)4-2/h9-10H,3-8H2,1-2H3. The number of rotatable bonds is 4. The molecule has 0 nitrogen and oxygen atoms in total. The van der Waals surface area contributed by atoms with Gasteiger partial charge < -0.3 is 0 Å². The van der Waals surface area contributed by atoms with Crippen LogP contribution in [0.3, 0.4) is 0 Å². The van der Waals surface area contributed by atoms with Gasteiger partial charge >= 0.3 is 0 Å². The third kappa shape index (κ3) is 1.11. The summed E-state index contributed by atoms with van der Waals surface area (Å²) in [6.45, 7) is 4.66. The van der Waals surface area contributed by atoms with Crippen molar-refractivity contribution in [1.82, 2.24) is 0 Å². The predicted molar refractivity (Wildman–Crippen MR) is 48.5 cm³/mol. The maximum atomic E-state index is 2.36. The minimum atomic E-state index is 0.934. The summed E-state index contributed by atoms with van der Waals surface area (Å²) in [7, 11) is 0. The molecule has 2 fully saturated rings. The van der Waals surface area contributed by atoms with Crippen molar-refractivity contribution < 1.29 is 0 Å². The summed E-state index contributed by atoms with van der Waals surface area (Å²) in [5.74, 6) is 2.30. The van der Waals surface area contributed by atoms with E-state index in [1.807, 2.05) is 0 Å². The topological polar surface area (TPSA) is 0 Å². The third-order valence-corrected chi connectivity index (χ3v) is 3.96. The Morgan fingerprint density at radius 2 is 1.91 bits per heavy atom. The van der Waals surface area contributed by atoms with Gasteiger partial charge in [-0.25, -0.2) is 0 Å². The van der Waals surface area contributed by atoms with Gasteiger partial charge in [-0.1, -0.05) is 33.1 Å². The van der Waals surface area contributed by atoms with Gasteiger partial charge in [-0.3, -0.25) is 0 Å². The second kappa shape index (κ2) is 2.50. The van der Waals surface area contributed by atoms with Crippen molar-refractivity contribution in [2.75, 3.05) is 0 Å². The summed E-state index contributed by atoms with van der Waals surface area (Å²) in [6.07, 6.45) is 9.02. The van der Waals surface area contributed by atoms with Gasteiger partial charge in [0.05, 0.1) is 0 Å². The molecule has 0 radical (unpaired) electrons. The van der Waals surface area contributed by atoms with E-state index >= 15 is 0 Å². The zero-order valence-corrected chi connectivity index (χ0v) is 7.90. The molecule has 0 heterocycles. The van der Waals surface area contributed by atoms with E-state index in [2.05, 4.69) is 13.8 Å². The fourth-order valence-electron chi connectivity index (χ4n) is 2.94. The maximum absolute atomic E-state index is 2.36. The smallest absolute Gasteiger partial charge is 0.0235 e. The lowest BCUT2D eigenvalue weighted by atomic mass is 10.1. The summed E-state index contributed by atoms with van der Waals surface area (Å²) in [6, 6.07) is 0. The highest BCUT2D eigenvalue weighted by Crippen LogP contribution is 2.76. The van der Waals surface area contributed by atoms with Gasteiger partial charge in [0, 0.05) is 0 Å². The van der Waals surface area contributed by atoms with Crippen molar-refractivity contribution in [3.05, 3.63) is 0 Å². The molecule has 1 spiro atoms. The molecule has 0 amide bonds. The first-order chi connectivity index (χ1) is 5.33. The summed E-state index contributed by atoms with van der Waals surface area (Å²) in [4.78, 5) is 0. The van der Waals surface area contributed by atoms with Crippen LogP contribution in [0.5, 0.6) is 0 Å². The Bertz CT molecular complexity index is 150. The van der Waals surface area contributed by atoms with Crippen LogP contribution in [0, 0.1) is 17.3 Å². The van der Waals surface area contributed by atoms with Gasteiger partial charge in [0.15, 0.2) is 0 Å². The quantitative estimate of drug-likeness (QED) is 0.577. The minimum absolute atomic E-state index is 0.934.